The quantitative estimate of drug-likeness (QED) is 0.755. The Hall–Kier alpha value is -1.13. The first-order chi connectivity index (χ1) is 7.93. The van der Waals surface area contributed by atoms with E-state index in [1.165, 1.54) is 4.31 Å². The van der Waals surface area contributed by atoms with Crippen LogP contribution in [0, 0.1) is 17.2 Å². The summed E-state index contributed by atoms with van der Waals surface area (Å²) >= 11 is 0. The van der Waals surface area contributed by atoms with Crippen LogP contribution in [0.5, 0.6) is 0 Å². The van der Waals surface area contributed by atoms with Gasteiger partial charge in [0.2, 0.25) is 15.9 Å². The molecule has 0 bridgehead atoms. The summed E-state index contributed by atoms with van der Waals surface area (Å²) in [7, 11) is -3.63. The number of nitriles is 1. The number of carbonyl (C=O) groups excluding carboxylic acids is 1. The maximum absolute atomic E-state index is 12.1. The summed E-state index contributed by atoms with van der Waals surface area (Å²) in [5.74, 6) is -0.912. The van der Waals surface area contributed by atoms with Crippen molar-refractivity contribution in [2.45, 2.75) is 31.4 Å². The van der Waals surface area contributed by atoms with Crippen molar-refractivity contribution in [1.82, 2.24) is 4.31 Å². The Morgan fingerprint density at radius 2 is 2.29 bits per heavy atom. The van der Waals surface area contributed by atoms with Gasteiger partial charge in [0, 0.05) is 13.1 Å². The fraction of sp³-hybridized carbons (Fsp3) is 0.800. The van der Waals surface area contributed by atoms with E-state index in [2.05, 4.69) is 0 Å². The summed E-state index contributed by atoms with van der Waals surface area (Å²) in [6, 6.07) is 1.79. The van der Waals surface area contributed by atoms with Crippen molar-refractivity contribution in [2.24, 2.45) is 11.7 Å². The first kappa shape index (κ1) is 13.9. The predicted molar refractivity (Wildman–Crippen MR) is 62.1 cm³/mol. The van der Waals surface area contributed by atoms with Gasteiger partial charge in [-0.05, 0) is 19.3 Å². The van der Waals surface area contributed by atoms with Gasteiger partial charge in [0.15, 0.2) is 5.25 Å². The van der Waals surface area contributed by atoms with Crippen LogP contribution in [0.15, 0.2) is 0 Å². The van der Waals surface area contributed by atoms with E-state index >= 15 is 0 Å². The second-order valence-electron chi connectivity index (χ2n) is 4.17. The van der Waals surface area contributed by atoms with E-state index in [9.17, 15) is 13.2 Å². The molecule has 0 aromatic rings. The van der Waals surface area contributed by atoms with E-state index in [0.29, 0.717) is 19.4 Å². The van der Waals surface area contributed by atoms with Crippen LogP contribution in [-0.4, -0.2) is 37.0 Å². The minimum absolute atomic E-state index is 0.107. The van der Waals surface area contributed by atoms with E-state index < -0.39 is 27.1 Å². The Morgan fingerprint density at radius 1 is 1.65 bits per heavy atom. The molecular weight excluding hydrogens is 242 g/mol. The second kappa shape index (κ2) is 5.47. The summed E-state index contributed by atoms with van der Waals surface area (Å²) in [6.45, 7) is 2.13. The van der Waals surface area contributed by atoms with Crippen molar-refractivity contribution in [2.75, 3.05) is 13.1 Å². The van der Waals surface area contributed by atoms with Gasteiger partial charge in [-0.1, -0.05) is 6.92 Å². The van der Waals surface area contributed by atoms with Gasteiger partial charge in [-0.3, -0.25) is 4.79 Å². The zero-order valence-corrected chi connectivity index (χ0v) is 10.6. The van der Waals surface area contributed by atoms with Gasteiger partial charge < -0.3 is 5.73 Å². The molecular formula is C10H17N3O3S. The molecule has 1 rings (SSSR count). The zero-order valence-electron chi connectivity index (χ0n) is 9.80. The molecule has 2 N–H and O–H groups in total. The number of carbonyl (C=O) groups is 1. The number of nitrogens with two attached hydrogens (primary N) is 1. The average molecular weight is 259 g/mol. The summed E-state index contributed by atoms with van der Waals surface area (Å²) in [5, 5.41) is 7.79. The maximum atomic E-state index is 12.1. The van der Waals surface area contributed by atoms with Crippen LogP contribution in [0.1, 0.15) is 26.2 Å². The highest BCUT2D eigenvalue weighted by molar-refractivity contribution is 7.90. The molecule has 0 radical (unpaired) electrons. The van der Waals surface area contributed by atoms with Gasteiger partial charge in [-0.2, -0.15) is 9.57 Å². The molecule has 1 aliphatic heterocycles. The van der Waals surface area contributed by atoms with Crippen LogP contribution in [0.2, 0.25) is 0 Å². The molecule has 1 amide bonds. The maximum Gasteiger partial charge on any atom is 0.230 e. The third-order valence-corrected chi connectivity index (χ3v) is 5.23. The lowest BCUT2D eigenvalue weighted by Crippen LogP contribution is -2.47. The minimum atomic E-state index is -3.63. The largest absolute Gasteiger partial charge is 0.369 e. The molecule has 1 fully saturated rings. The van der Waals surface area contributed by atoms with Crippen LogP contribution in [0.3, 0.4) is 0 Å². The summed E-state index contributed by atoms with van der Waals surface area (Å²) in [5.41, 5.74) is 5.19. The van der Waals surface area contributed by atoms with Gasteiger partial charge in [-0.15, -0.1) is 0 Å². The van der Waals surface area contributed by atoms with E-state index in [1.54, 1.807) is 13.0 Å². The lowest BCUT2D eigenvalue weighted by Gasteiger charge is -2.31. The van der Waals surface area contributed by atoms with Crippen molar-refractivity contribution < 1.29 is 13.2 Å². The molecule has 7 heteroatoms. The number of nitrogens with zero attached hydrogens (tertiary/aromatic N) is 2. The van der Waals surface area contributed by atoms with Crippen LogP contribution in [0.4, 0.5) is 0 Å². The Bertz CT molecular complexity index is 427. The lowest BCUT2D eigenvalue weighted by atomic mass is 9.99. The Labute approximate surface area is 101 Å². The smallest absolute Gasteiger partial charge is 0.230 e. The normalized spacial score (nSPS) is 23.9. The molecule has 1 heterocycles. The van der Waals surface area contributed by atoms with Crippen LogP contribution in [0.25, 0.3) is 0 Å². The van der Waals surface area contributed by atoms with E-state index in [0.717, 1.165) is 0 Å². The number of primary amides is 1. The molecule has 96 valence electrons. The number of hydrogen-bond acceptors (Lipinski definition) is 4. The lowest BCUT2D eigenvalue weighted by molar-refractivity contribution is -0.122. The van der Waals surface area contributed by atoms with Crippen molar-refractivity contribution in [3.8, 4) is 6.07 Å². The molecule has 2 unspecified atom stereocenters. The molecule has 0 aromatic carbocycles. The summed E-state index contributed by atoms with van der Waals surface area (Å²) in [6.07, 6.45) is 1.47. The molecule has 0 saturated carbocycles. The second-order valence-corrected chi connectivity index (χ2v) is 6.29. The molecule has 1 saturated heterocycles. The van der Waals surface area contributed by atoms with E-state index in [1.807, 2.05) is 0 Å². The highest BCUT2D eigenvalue weighted by Gasteiger charge is 2.35. The topological polar surface area (TPSA) is 104 Å². The molecule has 6 nitrogen and oxygen atoms in total. The Morgan fingerprint density at radius 3 is 2.76 bits per heavy atom. The zero-order chi connectivity index (χ0) is 13.1. The summed E-state index contributed by atoms with van der Waals surface area (Å²) in [4.78, 5) is 11.1. The molecule has 0 aliphatic carbocycles. The summed E-state index contributed by atoms with van der Waals surface area (Å²) < 4.78 is 25.4. The predicted octanol–water partition coefficient (Wildman–Crippen LogP) is -0.184. The fourth-order valence-electron chi connectivity index (χ4n) is 1.95. The highest BCUT2D eigenvalue weighted by atomic mass is 32.2. The highest BCUT2D eigenvalue weighted by Crippen LogP contribution is 2.22. The number of rotatable bonds is 4. The number of amides is 1. The molecule has 1 aliphatic rings. The third-order valence-electron chi connectivity index (χ3n) is 3.02. The molecule has 17 heavy (non-hydrogen) atoms. The Kier molecular flexibility index (Phi) is 4.48. The van der Waals surface area contributed by atoms with Crippen LogP contribution >= 0.6 is 0 Å². The minimum Gasteiger partial charge on any atom is -0.369 e. The average Bonchev–Trinajstić information content (AvgIpc) is 2.30. The number of sulfonamides is 1. The van der Waals surface area contributed by atoms with Crippen molar-refractivity contribution in [3.05, 3.63) is 0 Å². The Balaban J connectivity index is 2.86. The van der Waals surface area contributed by atoms with Crippen molar-refractivity contribution >= 4 is 15.9 Å². The van der Waals surface area contributed by atoms with Gasteiger partial charge >= 0.3 is 0 Å². The number of piperidine rings is 1. The van der Waals surface area contributed by atoms with Gasteiger partial charge in [0.25, 0.3) is 0 Å². The molecule has 0 aromatic heterocycles. The van der Waals surface area contributed by atoms with Gasteiger partial charge in [0.1, 0.15) is 0 Å². The number of hydrogen-bond donors (Lipinski definition) is 1. The first-order valence-corrected chi connectivity index (χ1v) is 7.11. The SMILES string of the molecule is CCC(C#N)S(=O)(=O)N1CCCC(C(N)=O)C1. The molecule has 0 spiro atoms. The van der Waals surface area contributed by atoms with Crippen LogP contribution < -0.4 is 5.73 Å². The van der Waals surface area contributed by atoms with Gasteiger partial charge in [-0.25, -0.2) is 8.42 Å². The van der Waals surface area contributed by atoms with E-state index in [4.69, 9.17) is 11.0 Å². The van der Waals surface area contributed by atoms with Gasteiger partial charge in [0.05, 0.1) is 12.0 Å². The monoisotopic (exact) mass is 259 g/mol. The van der Waals surface area contributed by atoms with Crippen LogP contribution in [-0.2, 0) is 14.8 Å². The molecule has 2 atom stereocenters. The van der Waals surface area contributed by atoms with E-state index in [-0.39, 0.29) is 13.0 Å². The first-order valence-electron chi connectivity index (χ1n) is 5.61. The third kappa shape index (κ3) is 2.96. The van der Waals surface area contributed by atoms with Crippen molar-refractivity contribution in [3.63, 3.8) is 0 Å². The van der Waals surface area contributed by atoms with Crippen molar-refractivity contribution in [1.29, 1.82) is 5.26 Å². The standard InChI is InChI=1S/C10H17N3O3S/c1-2-9(6-11)17(15,16)13-5-3-4-8(7-13)10(12)14/h8-9H,2-5,7H2,1H3,(H2,12,14). The fourth-order valence-corrected chi connectivity index (χ4v) is 3.64.